The molecule has 0 bridgehead atoms. The molecule has 3 heterocycles. The number of aryl methyl sites for hydroxylation is 1. The normalized spacial score (nSPS) is 17.7. The van der Waals surface area contributed by atoms with E-state index < -0.39 is 11.8 Å². The maximum absolute atomic E-state index is 13.5. The lowest BCUT2D eigenvalue weighted by molar-refractivity contribution is -0.135. The first-order chi connectivity index (χ1) is 17.3. The summed E-state index contributed by atoms with van der Waals surface area (Å²) in [5.74, 6) is -1.07. The maximum Gasteiger partial charge on any atom is 0.270 e. The summed E-state index contributed by atoms with van der Waals surface area (Å²) in [6, 6.07) is 13.1. The van der Waals surface area contributed by atoms with Gasteiger partial charge in [0.15, 0.2) is 5.11 Å². The number of hydrogen-bond donors (Lipinski definition) is 1. The highest BCUT2D eigenvalue weighted by molar-refractivity contribution is 9.10. The molecule has 0 atom stereocenters. The number of thiocarbonyl (C=S) groups is 1. The molecule has 2 aromatic carbocycles. The van der Waals surface area contributed by atoms with Crippen LogP contribution >= 0.6 is 28.1 Å². The van der Waals surface area contributed by atoms with Crippen LogP contribution < -0.4 is 10.2 Å². The number of fused-ring (bicyclic) bond motifs is 1. The molecular formula is C26H23BrN4O4S. The zero-order valence-corrected chi connectivity index (χ0v) is 21.9. The molecule has 5 rings (SSSR count). The van der Waals surface area contributed by atoms with E-state index in [2.05, 4.69) is 21.2 Å². The number of morpholine rings is 1. The van der Waals surface area contributed by atoms with Crippen LogP contribution in [0, 0.1) is 6.92 Å². The van der Waals surface area contributed by atoms with Crippen LogP contribution in [0.2, 0.25) is 0 Å². The Kier molecular flexibility index (Phi) is 6.74. The summed E-state index contributed by atoms with van der Waals surface area (Å²) in [4.78, 5) is 42.4. The average Bonchev–Trinajstić information content (AvgIpc) is 3.20. The second-order valence-corrected chi connectivity index (χ2v) is 9.91. The van der Waals surface area contributed by atoms with Gasteiger partial charge in [0.1, 0.15) is 12.1 Å². The third-order valence-corrected chi connectivity index (χ3v) is 7.07. The molecule has 8 nitrogen and oxygen atoms in total. The minimum atomic E-state index is -0.558. The number of benzene rings is 2. The molecular weight excluding hydrogens is 544 g/mol. The first kappa shape index (κ1) is 24.4. The Morgan fingerprint density at radius 1 is 1.17 bits per heavy atom. The van der Waals surface area contributed by atoms with Crippen molar-refractivity contribution in [1.82, 2.24) is 14.8 Å². The van der Waals surface area contributed by atoms with Gasteiger partial charge in [-0.25, -0.2) is 0 Å². The van der Waals surface area contributed by atoms with Crippen molar-refractivity contribution in [3.63, 3.8) is 0 Å². The van der Waals surface area contributed by atoms with Gasteiger partial charge in [0.05, 0.1) is 18.9 Å². The lowest BCUT2D eigenvalue weighted by Gasteiger charge is -2.30. The Hall–Kier alpha value is -3.34. The van der Waals surface area contributed by atoms with Crippen molar-refractivity contribution >= 4 is 73.6 Å². The van der Waals surface area contributed by atoms with Crippen molar-refractivity contribution in [1.29, 1.82) is 0 Å². The van der Waals surface area contributed by atoms with Crippen molar-refractivity contribution in [3.8, 4) is 0 Å². The lowest BCUT2D eigenvalue weighted by atomic mass is 10.1. The molecule has 2 saturated heterocycles. The fourth-order valence-corrected chi connectivity index (χ4v) is 5.23. The molecule has 3 aromatic rings. The molecule has 10 heteroatoms. The molecule has 2 aliphatic heterocycles. The first-order valence-corrected chi connectivity index (χ1v) is 12.6. The molecule has 2 fully saturated rings. The van der Waals surface area contributed by atoms with E-state index in [1.807, 2.05) is 47.9 Å². The molecule has 3 amide bonds. The minimum Gasteiger partial charge on any atom is -0.378 e. The Morgan fingerprint density at radius 2 is 1.92 bits per heavy atom. The third-order valence-electron chi connectivity index (χ3n) is 6.29. The number of amides is 3. The molecule has 2 aliphatic rings. The largest absolute Gasteiger partial charge is 0.378 e. The van der Waals surface area contributed by atoms with E-state index in [9.17, 15) is 14.4 Å². The summed E-state index contributed by atoms with van der Waals surface area (Å²) in [5, 5.41) is 3.51. The van der Waals surface area contributed by atoms with E-state index in [0.29, 0.717) is 37.6 Å². The number of aromatic nitrogens is 1. The van der Waals surface area contributed by atoms with Gasteiger partial charge in [-0.3, -0.25) is 24.6 Å². The summed E-state index contributed by atoms with van der Waals surface area (Å²) in [6.07, 6.45) is 3.37. The summed E-state index contributed by atoms with van der Waals surface area (Å²) >= 11 is 8.77. The number of hydrogen-bond acceptors (Lipinski definition) is 5. The lowest BCUT2D eigenvalue weighted by Crippen LogP contribution is -2.54. The second-order valence-electron chi connectivity index (χ2n) is 8.61. The number of para-hydroxylation sites is 1. The maximum atomic E-state index is 13.5. The molecule has 0 spiro atoms. The molecule has 0 unspecified atom stereocenters. The fourth-order valence-electron chi connectivity index (χ4n) is 4.48. The number of carbonyl (C=O) groups excluding carboxylic acids is 3. The molecule has 0 aliphatic carbocycles. The van der Waals surface area contributed by atoms with E-state index in [0.717, 1.165) is 20.9 Å². The van der Waals surface area contributed by atoms with Crippen LogP contribution in [-0.2, 0) is 25.7 Å². The number of ether oxygens (including phenoxy) is 1. The van der Waals surface area contributed by atoms with Crippen LogP contribution in [-0.4, -0.2) is 58.6 Å². The number of nitrogens with zero attached hydrogens (tertiary/aromatic N) is 3. The van der Waals surface area contributed by atoms with Gasteiger partial charge in [0, 0.05) is 40.2 Å². The van der Waals surface area contributed by atoms with Crippen molar-refractivity contribution in [3.05, 3.63) is 69.8 Å². The molecule has 0 radical (unpaired) electrons. The predicted octanol–water partition coefficient (Wildman–Crippen LogP) is 3.40. The van der Waals surface area contributed by atoms with Crippen LogP contribution in [0.5, 0.6) is 0 Å². The van der Waals surface area contributed by atoms with E-state index in [1.54, 1.807) is 23.2 Å². The third kappa shape index (κ3) is 4.59. The van der Waals surface area contributed by atoms with E-state index in [-0.39, 0.29) is 23.1 Å². The average molecular weight is 567 g/mol. The molecule has 0 saturated carbocycles. The van der Waals surface area contributed by atoms with Gasteiger partial charge in [-0.15, -0.1) is 0 Å². The van der Waals surface area contributed by atoms with Gasteiger partial charge in [-0.05, 0) is 55.0 Å². The van der Waals surface area contributed by atoms with Crippen LogP contribution in [0.1, 0.15) is 11.1 Å². The fraction of sp³-hybridized carbons (Fsp3) is 0.231. The SMILES string of the molecule is Cc1cc(Br)ccc1N1C(=O)/C(=C\c2cn(CC(=O)N3CCOCC3)c3ccccc23)C(=O)NC1=S. The second kappa shape index (κ2) is 9.96. The predicted molar refractivity (Wildman–Crippen MR) is 144 cm³/mol. The van der Waals surface area contributed by atoms with Crippen LogP contribution in [0.3, 0.4) is 0 Å². The molecule has 184 valence electrons. The highest BCUT2D eigenvalue weighted by atomic mass is 79.9. The van der Waals surface area contributed by atoms with Gasteiger partial charge < -0.3 is 14.2 Å². The van der Waals surface area contributed by atoms with Crippen LogP contribution in [0.15, 0.2) is 58.7 Å². The Labute approximate surface area is 221 Å². The van der Waals surface area contributed by atoms with Crippen LogP contribution in [0.25, 0.3) is 17.0 Å². The van der Waals surface area contributed by atoms with Gasteiger partial charge in [-0.1, -0.05) is 34.1 Å². The number of halogens is 1. The van der Waals surface area contributed by atoms with Crippen molar-refractivity contribution < 1.29 is 19.1 Å². The summed E-state index contributed by atoms with van der Waals surface area (Å²) in [6.45, 7) is 4.21. The standard InChI is InChI=1S/C26H23BrN4O4S/c1-16-12-18(27)6-7-21(16)31-25(34)20(24(33)28-26(31)36)13-17-14-30(22-5-3-2-4-19(17)22)15-23(32)29-8-10-35-11-9-29/h2-7,12-14H,8-11,15H2,1H3,(H,28,33,36)/b20-13-. The minimum absolute atomic E-state index is 0.00743. The first-order valence-electron chi connectivity index (χ1n) is 11.4. The summed E-state index contributed by atoms with van der Waals surface area (Å²) < 4.78 is 8.07. The zero-order chi connectivity index (χ0) is 25.4. The number of rotatable bonds is 4. The molecule has 1 aromatic heterocycles. The van der Waals surface area contributed by atoms with Crippen LogP contribution in [0.4, 0.5) is 5.69 Å². The van der Waals surface area contributed by atoms with Crippen molar-refractivity contribution in [2.75, 3.05) is 31.2 Å². The summed E-state index contributed by atoms with van der Waals surface area (Å²) in [7, 11) is 0. The van der Waals surface area contributed by atoms with Gasteiger partial charge in [0.25, 0.3) is 11.8 Å². The Morgan fingerprint density at radius 3 is 2.67 bits per heavy atom. The van der Waals surface area contributed by atoms with Crippen molar-refractivity contribution in [2.24, 2.45) is 0 Å². The quantitative estimate of drug-likeness (QED) is 0.297. The topological polar surface area (TPSA) is 83.9 Å². The number of anilines is 1. The number of nitrogens with one attached hydrogen (secondary N) is 1. The monoisotopic (exact) mass is 566 g/mol. The van der Waals surface area contributed by atoms with E-state index in [1.165, 1.54) is 4.90 Å². The van der Waals surface area contributed by atoms with Gasteiger partial charge >= 0.3 is 0 Å². The Bertz CT molecular complexity index is 1440. The highest BCUT2D eigenvalue weighted by Crippen LogP contribution is 2.29. The van der Waals surface area contributed by atoms with E-state index in [4.69, 9.17) is 17.0 Å². The zero-order valence-electron chi connectivity index (χ0n) is 19.5. The van der Waals surface area contributed by atoms with E-state index >= 15 is 0 Å². The van der Waals surface area contributed by atoms with Gasteiger partial charge in [-0.2, -0.15) is 0 Å². The summed E-state index contributed by atoms with van der Waals surface area (Å²) in [5.41, 5.74) is 2.89. The molecule has 1 N–H and O–H groups in total. The Balaban J connectivity index is 1.51. The number of carbonyl (C=O) groups is 3. The smallest absolute Gasteiger partial charge is 0.270 e. The highest BCUT2D eigenvalue weighted by Gasteiger charge is 2.35. The molecule has 36 heavy (non-hydrogen) atoms. The van der Waals surface area contributed by atoms with Crippen molar-refractivity contribution in [2.45, 2.75) is 13.5 Å². The van der Waals surface area contributed by atoms with Gasteiger partial charge in [0.2, 0.25) is 5.91 Å².